The summed E-state index contributed by atoms with van der Waals surface area (Å²) < 4.78 is 0. The van der Waals surface area contributed by atoms with E-state index in [-0.39, 0.29) is 5.56 Å². The van der Waals surface area contributed by atoms with Crippen molar-refractivity contribution >= 4 is 17.0 Å². The number of aryl methyl sites for hydroxylation is 2. The zero-order chi connectivity index (χ0) is 15.0. The number of carboxylic acids is 1. The Balaban J connectivity index is 2.25. The van der Waals surface area contributed by atoms with Crippen LogP contribution in [0.2, 0.25) is 0 Å². The van der Waals surface area contributed by atoms with Crippen molar-refractivity contribution in [3.63, 3.8) is 0 Å². The second kappa shape index (κ2) is 4.97. The molecule has 2 N–H and O–H groups in total. The van der Waals surface area contributed by atoms with E-state index in [0.29, 0.717) is 16.9 Å². The van der Waals surface area contributed by atoms with Gasteiger partial charge in [0.15, 0.2) is 0 Å². The number of para-hydroxylation sites is 1. The topological polar surface area (TPSA) is 91.8 Å². The van der Waals surface area contributed by atoms with E-state index in [0.717, 1.165) is 23.4 Å². The van der Waals surface area contributed by atoms with E-state index in [1.807, 2.05) is 26.0 Å². The number of fused-ring (bicyclic) bond motifs is 1. The number of carbonyl (C=O) groups is 1. The Kier molecular flexibility index (Phi) is 3.13. The van der Waals surface area contributed by atoms with Crippen LogP contribution in [0.5, 0.6) is 0 Å². The molecule has 106 valence electrons. The van der Waals surface area contributed by atoms with Crippen molar-refractivity contribution < 1.29 is 9.90 Å². The van der Waals surface area contributed by atoms with Gasteiger partial charge in [-0.3, -0.25) is 0 Å². The Morgan fingerprint density at radius 3 is 2.86 bits per heavy atom. The fourth-order valence-electron chi connectivity index (χ4n) is 2.31. The summed E-state index contributed by atoms with van der Waals surface area (Å²) in [6.07, 6.45) is 0.728. The molecule has 0 saturated carbocycles. The van der Waals surface area contributed by atoms with Crippen molar-refractivity contribution in [3.05, 3.63) is 41.2 Å². The molecule has 6 heteroatoms. The molecule has 0 atom stereocenters. The zero-order valence-corrected chi connectivity index (χ0v) is 11.7. The van der Waals surface area contributed by atoms with Crippen LogP contribution < -0.4 is 0 Å². The van der Waals surface area contributed by atoms with E-state index in [9.17, 15) is 9.90 Å². The number of benzene rings is 1. The molecule has 0 aliphatic carbocycles. The van der Waals surface area contributed by atoms with Crippen molar-refractivity contribution in [3.8, 4) is 11.4 Å². The third-order valence-corrected chi connectivity index (χ3v) is 3.33. The summed E-state index contributed by atoms with van der Waals surface area (Å²) in [5, 5.41) is 17.5. The first-order chi connectivity index (χ1) is 10.1. The molecule has 6 nitrogen and oxygen atoms in total. The monoisotopic (exact) mass is 282 g/mol. The summed E-state index contributed by atoms with van der Waals surface area (Å²) in [4.78, 5) is 18.9. The maximum Gasteiger partial charge on any atom is 0.337 e. The molecule has 2 aromatic heterocycles. The van der Waals surface area contributed by atoms with E-state index in [4.69, 9.17) is 0 Å². The number of aromatic nitrogens is 4. The molecule has 0 unspecified atom stereocenters. The fourth-order valence-corrected chi connectivity index (χ4v) is 2.31. The first-order valence-electron chi connectivity index (χ1n) is 6.65. The van der Waals surface area contributed by atoms with Crippen molar-refractivity contribution in [2.75, 3.05) is 0 Å². The van der Waals surface area contributed by atoms with Crippen LogP contribution in [0, 0.1) is 6.92 Å². The average Bonchev–Trinajstić information content (AvgIpc) is 2.90. The highest BCUT2D eigenvalue weighted by atomic mass is 16.4. The van der Waals surface area contributed by atoms with Crippen LogP contribution in [-0.4, -0.2) is 31.2 Å². The van der Waals surface area contributed by atoms with Crippen molar-refractivity contribution in [1.82, 2.24) is 20.2 Å². The lowest BCUT2D eigenvalue weighted by atomic mass is 10.1. The summed E-state index contributed by atoms with van der Waals surface area (Å²) in [6.45, 7) is 3.86. The molecule has 0 aliphatic rings. The van der Waals surface area contributed by atoms with Gasteiger partial charge in [-0.1, -0.05) is 13.0 Å². The molecule has 0 aliphatic heterocycles. The summed E-state index contributed by atoms with van der Waals surface area (Å²) in [6, 6.07) is 6.96. The van der Waals surface area contributed by atoms with Crippen LogP contribution in [-0.2, 0) is 6.42 Å². The van der Waals surface area contributed by atoms with Gasteiger partial charge in [0.05, 0.1) is 22.5 Å². The van der Waals surface area contributed by atoms with E-state index in [2.05, 4.69) is 20.2 Å². The van der Waals surface area contributed by atoms with Crippen molar-refractivity contribution in [2.24, 2.45) is 0 Å². The fraction of sp³-hybridized carbons (Fsp3) is 0.200. The smallest absolute Gasteiger partial charge is 0.337 e. The van der Waals surface area contributed by atoms with E-state index < -0.39 is 5.97 Å². The van der Waals surface area contributed by atoms with Gasteiger partial charge in [-0.15, -0.1) is 0 Å². The van der Waals surface area contributed by atoms with Gasteiger partial charge < -0.3 is 10.1 Å². The molecule has 0 fully saturated rings. The summed E-state index contributed by atoms with van der Waals surface area (Å²) >= 11 is 0. The molecular formula is C15H14N4O2. The molecule has 0 spiro atoms. The number of hydrogen-bond acceptors (Lipinski definition) is 4. The van der Waals surface area contributed by atoms with E-state index >= 15 is 0 Å². The largest absolute Gasteiger partial charge is 0.478 e. The number of hydrogen-bond donors (Lipinski definition) is 2. The number of aromatic amines is 1. The number of rotatable bonds is 3. The van der Waals surface area contributed by atoms with E-state index in [1.165, 1.54) is 0 Å². The van der Waals surface area contributed by atoms with Gasteiger partial charge in [-0.25, -0.2) is 9.78 Å². The number of aromatic carboxylic acids is 1. The molecule has 0 radical (unpaired) electrons. The van der Waals surface area contributed by atoms with Gasteiger partial charge in [-0.05, 0) is 31.5 Å². The van der Waals surface area contributed by atoms with Crippen LogP contribution in [0.3, 0.4) is 0 Å². The predicted octanol–water partition coefficient (Wildman–Crippen LogP) is 2.59. The SMILES string of the molecule is CCc1nnc(C)cc1-c1nc2c(C(=O)O)cccc2[nH]1. The lowest BCUT2D eigenvalue weighted by molar-refractivity contribution is 0.0699. The van der Waals surface area contributed by atoms with Gasteiger partial charge in [0.1, 0.15) is 11.3 Å². The molecular weight excluding hydrogens is 268 g/mol. The lowest BCUT2D eigenvalue weighted by Gasteiger charge is -2.03. The number of carboxylic acid groups (broad SMARTS) is 1. The number of imidazole rings is 1. The Morgan fingerprint density at radius 2 is 2.14 bits per heavy atom. The number of H-pyrrole nitrogens is 1. The highest BCUT2D eigenvalue weighted by molar-refractivity contribution is 6.01. The molecule has 2 heterocycles. The summed E-state index contributed by atoms with van der Waals surface area (Å²) in [5.74, 6) is -0.369. The van der Waals surface area contributed by atoms with Crippen molar-refractivity contribution in [2.45, 2.75) is 20.3 Å². The molecule has 3 aromatic rings. The minimum Gasteiger partial charge on any atom is -0.478 e. The molecule has 0 amide bonds. The highest BCUT2D eigenvalue weighted by Crippen LogP contribution is 2.25. The van der Waals surface area contributed by atoms with Crippen LogP contribution in [0.4, 0.5) is 0 Å². The quantitative estimate of drug-likeness (QED) is 0.770. The zero-order valence-electron chi connectivity index (χ0n) is 11.7. The van der Waals surface area contributed by atoms with Crippen LogP contribution in [0.25, 0.3) is 22.4 Å². The van der Waals surface area contributed by atoms with Crippen molar-refractivity contribution in [1.29, 1.82) is 0 Å². The Hall–Kier alpha value is -2.76. The Morgan fingerprint density at radius 1 is 1.33 bits per heavy atom. The summed E-state index contributed by atoms with van der Waals surface area (Å²) in [5.41, 5.74) is 3.82. The third kappa shape index (κ3) is 2.24. The molecule has 1 aromatic carbocycles. The maximum absolute atomic E-state index is 11.3. The highest BCUT2D eigenvalue weighted by Gasteiger charge is 2.15. The van der Waals surface area contributed by atoms with Gasteiger partial charge in [0.25, 0.3) is 0 Å². The predicted molar refractivity (Wildman–Crippen MR) is 78.2 cm³/mol. The minimum atomic E-state index is -0.988. The second-order valence-corrected chi connectivity index (χ2v) is 4.79. The number of nitrogens with one attached hydrogen (secondary N) is 1. The first kappa shape index (κ1) is 13.2. The molecule has 0 bridgehead atoms. The molecule has 21 heavy (non-hydrogen) atoms. The molecule has 3 rings (SSSR count). The maximum atomic E-state index is 11.3. The molecule has 0 saturated heterocycles. The van der Waals surface area contributed by atoms with Gasteiger partial charge in [-0.2, -0.15) is 10.2 Å². The third-order valence-electron chi connectivity index (χ3n) is 3.33. The summed E-state index contributed by atoms with van der Waals surface area (Å²) in [7, 11) is 0. The van der Waals surface area contributed by atoms with E-state index in [1.54, 1.807) is 12.1 Å². The van der Waals surface area contributed by atoms with Gasteiger partial charge in [0.2, 0.25) is 0 Å². The lowest BCUT2D eigenvalue weighted by Crippen LogP contribution is -1.98. The minimum absolute atomic E-state index is 0.187. The Labute approximate surface area is 120 Å². The van der Waals surface area contributed by atoms with Crippen LogP contribution >= 0.6 is 0 Å². The van der Waals surface area contributed by atoms with Gasteiger partial charge >= 0.3 is 5.97 Å². The first-order valence-corrected chi connectivity index (χ1v) is 6.65. The van der Waals surface area contributed by atoms with Crippen LogP contribution in [0.15, 0.2) is 24.3 Å². The standard InChI is InChI=1S/C15H14N4O2/c1-3-11-10(7-8(2)18-19-11)14-16-12-6-4-5-9(15(20)21)13(12)17-14/h4-7H,3H2,1-2H3,(H,16,17)(H,20,21). The number of nitrogens with zero attached hydrogens (tertiary/aromatic N) is 3. The van der Waals surface area contributed by atoms with Crippen LogP contribution in [0.1, 0.15) is 28.7 Å². The second-order valence-electron chi connectivity index (χ2n) is 4.79. The average molecular weight is 282 g/mol. The normalized spacial score (nSPS) is 11.0. The Bertz CT molecular complexity index is 839. The van der Waals surface area contributed by atoms with Gasteiger partial charge in [0, 0.05) is 5.56 Å².